The summed E-state index contributed by atoms with van der Waals surface area (Å²) in [6.07, 6.45) is 4.75. The molecule has 0 bridgehead atoms. The molecule has 1 aliphatic carbocycles. The summed E-state index contributed by atoms with van der Waals surface area (Å²) in [7, 11) is 0. The molecule has 1 fully saturated rings. The molecule has 0 saturated heterocycles. The average molecular weight is 223 g/mol. The van der Waals surface area contributed by atoms with Gasteiger partial charge in [-0.05, 0) is 12.8 Å². The van der Waals surface area contributed by atoms with Gasteiger partial charge in [-0.3, -0.25) is 9.59 Å². The summed E-state index contributed by atoms with van der Waals surface area (Å²) >= 11 is 0. The second kappa shape index (κ2) is 3.96. The van der Waals surface area contributed by atoms with Crippen molar-refractivity contribution in [3.8, 4) is 0 Å². The molecule has 6 nitrogen and oxygen atoms in total. The van der Waals surface area contributed by atoms with E-state index in [1.54, 1.807) is 6.20 Å². The third-order valence-electron chi connectivity index (χ3n) is 3.05. The fourth-order valence-electron chi connectivity index (χ4n) is 1.79. The number of carboxylic acids is 1. The van der Waals surface area contributed by atoms with Gasteiger partial charge < -0.3 is 15.4 Å². The summed E-state index contributed by atoms with van der Waals surface area (Å²) < 4.78 is 0. The lowest BCUT2D eigenvalue weighted by atomic mass is 9.68. The zero-order chi connectivity index (χ0) is 11.6. The van der Waals surface area contributed by atoms with Crippen LogP contribution in [0.4, 0.5) is 0 Å². The lowest BCUT2D eigenvalue weighted by molar-refractivity contribution is -0.162. The van der Waals surface area contributed by atoms with Crippen molar-refractivity contribution in [3.63, 3.8) is 0 Å². The smallest absolute Gasteiger partial charge is 0.319 e. The second-order valence-electron chi connectivity index (χ2n) is 4.00. The first-order chi connectivity index (χ1) is 7.65. The minimum Gasteiger partial charge on any atom is -0.480 e. The zero-order valence-corrected chi connectivity index (χ0v) is 8.69. The Bertz CT molecular complexity index is 395. The summed E-state index contributed by atoms with van der Waals surface area (Å²) in [5.41, 5.74) is -0.437. The van der Waals surface area contributed by atoms with Gasteiger partial charge in [0.2, 0.25) is 5.91 Å². The first-order valence-corrected chi connectivity index (χ1v) is 5.14. The lowest BCUT2D eigenvalue weighted by Gasteiger charge is -2.35. The summed E-state index contributed by atoms with van der Waals surface area (Å²) in [5.74, 6) is -1.43. The van der Waals surface area contributed by atoms with Gasteiger partial charge in [-0.15, -0.1) is 0 Å². The zero-order valence-electron chi connectivity index (χ0n) is 8.69. The molecule has 0 aliphatic heterocycles. The van der Waals surface area contributed by atoms with Crippen LogP contribution in [0.3, 0.4) is 0 Å². The number of carboxylic acid groups (broad SMARTS) is 1. The van der Waals surface area contributed by atoms with Gasteiger partial charge in [0.1, 0.15) is 5.41 Å². The molecule has 1 aliphatic rings. The van der Waals surface area contributed by atoms with Crippen molar-refractivity contribution < 1.29 is 14.7 Å². The van der Waals surface area contributed by atoms with Crippen molar-refractivity contribution in [2.24, 2.45) is 5.41 Å². The van der Waals surface area contributed by atoms with E-state index in [4.69, 9.17) is 5.11 Å². The number of carbonyl (C=O) groups excluding carboxylic acids is 1. The Morgan fingerprint density at radius 3 is 2.75 bits per heavy atom. The van der Waals surface area contributed by atoms with Crippen LogP contribution in [-0.2, 0) is 16.1 Å². The molecule has 1 heterocycles. The van der Waals surface area contributed by atoms with Crippen molar-refractivity contribution >= 4 is 11.9 Å². The number of carbonyl (C=O) groups is 2. The largest absolute Gasteiger partial charge is 0.480 e. The lowest BCUT2D eigenvalue weighted by Crippen LogP contribution is -2.50. The van der Waals surface area contributed by atoms with Crippen LogP contribution in [0.15, 0.2) is 12.5 Å². The standard InChI is InChI=1S/C10H13N3O3/c14-8(10(9(15)16)2-1-3-10)12-5-7-4-11-6-13-7/h4,6H,1-3,5H2,(H,11,13)(H,12,14)(H,15,16). The first-order valence-electron chi connectivity index (χ1n) is 5.14. The van der Waals surface area contributed by atoms with Gasteiger partial charge in [-0.2, -0.15) is 0 Å². The molecule has 0 spiro atoms. The van der Waals surface area contributed by atoms with Crippen molar-refractivity contribution in [2.75, 3.05) is 0 Å². The summed E-state index contributed by atoms with van der Waals surface area (Å²) in [6, 6.07) is 0. The number of aromatic nitrogens is 2. The van der Waals surface area contributed by atoms with Gasteiger partial charge in [0.15, 0.2) is 0 Å². The molecule has 1 saturated carbocycles. The second-order valence-corrected chi connectivity index (χ2v) is 4.00. The highest BCUT2D eigenvalue weighted by Gasteiger charge is 2.50. The molecule has 86 valence electrons. The van der Waals surface area contributed by atoms with Crippen LogP contribution >= 0.6 is 0 Å². The number of rotatable bonds is 4. The van der Waals surface area contributed by atoms with E-state index in [1.807, 2.05) is 0 Å². The Labute approximate surface area is 92.1 Å². The van der Waals surface area contributed by atoms with E-state index < -0.39 is 17.3 Å². The van der Waals surface area contributed by atoms with E-state index in [1.165, 1.54) is 6.33 Å². The van der Waals surface area contributed by atoms with Crippen LogP contribution in [-0.4, -0.2) is 27.0 Å². The highest BCUT2D eigenvalue weighted by atomic mass is 16.4. The Hall–Kier alpha value is -1.85. The van der Waals surface area contributed by atoms with E-state index in [0.717, 1.165) is 12.1 Å². The molecule has 0 aromatic carbocycles. The SMILES string of the molecule is O=C(O)C1(C(=O)NCc2cnc[nH]2)CCC1. The number of nitrogens with one attached hydrogen (secondary N) is 2. The van der Waals surface area contributed by atoms with Gasteiger partial charge in [-0.1, -0.05) is 6.42 Å². The van der Waals surface area contributed by atoms with Crippen molar-refractivity contribution in [1.29, 1.82) is 0 Å². The molecular formula is C10H13N3O3. The number of aliphatic carboxylic acids is 1. The fourth-order valence-corrected chi connectivity index (χ4v) is 1.79. The Balaban J connectivity index is 1.95. The van der Waals surface area contributed by atoms with E-state index in [9.17, 15) is 9.59 Å². The maximum atomic E-state index is 11.8. The normalized spacial score (nSPS) is 17.5. The van der Waals surface area contributed by atoms with Crippen LogP contribution < -0.4 is 5.32 Å². The number of aromatic amines is 1. The Morgan fingerprint density at radius 2 is 2.31 bits per heavy atom. The van der Waals surface area contributed by atoms with Gasteiger partial charge in [0, 0.05) is 6.20 Å². The van der Waals surface area contributed by atoms with E-state index in [0.29, 0.717) is 12.8 Å². The third kappa shape index (κ3) is 1.66. The quantitative estimate of drug-likeness (QED) is 0.639. The predicted octanol–water partition coefficient (Wildman–Crippen LogP) is 0.281. The number of imidazole rings is 1. The first kappa shape index (κ1) is 10.7. The number of amides is 1. The third-order valence-corrected chi connectivity index (χ3v) is 3.05. The van der Waals surface area contributed by atoms with Gasteiger partial charge >= 0.3 is 5.97 Å². The van der Waals surface area contributed by atoms with Crippen molar-refractivity contribution in [2.45, 2.75) is 25.8 Å². The van der Waals surface area contributed by atoms with Gasteiger partial charge in [-0.25, -0.2) is 4.98 Å². The molecule has 16 heavy (non-hydrogen) atoms. The molecule has 1 aromatic rings. The monoisotopic (exact) mass is 223 g/mol. The maximum absolute atomic E-state index is 11.8. The molecule has 3 N–H and O–H groups in total. The van der Waals surface area contributed by atoms with Crippen LogP contribution in [0, 0.1) is 5.41 Å². The van der Waals surface area contributed by atoms with Crippen LogP contribution in [0.1, 0.15) is 25.0 Å². The van der Waals surface area contributed by atoms with Gasteiger partial charge in [0.25, 0.3) is 0 Å². The highest BCUT2D eigenvalue weighted by molar-refractivity contribution is 6.02. The number of hydrogen-bond acceptors (Lipinski definition) is 3. The summed E-state index contributed by atoms with van der Waals surface area (Å²) in [4.78, 5) is 29.4. The number of H-pyrrole nitrogens is 1. The van der Waals surface area contributed by atoms with E-state index >= 15 is 0 Å². The van der Waals surface area contributed by atoms with Gasteiger partial charge in [0.05, 0.1) is 18.6 Å². The molecule has 1 amide bonds. The van der Waals surface area contributed by atoms with Crippen LogP contribution in [0.25, 0.3) is 0 Å². The molecular weight excluding hydrogens is 210 g/mol. The Kier molecular flexibility index (Phi) is 2.64. The minimum atomic E-state index is -1.19. The maximum Gasteiger partial charge on any atom is 0.319 e. The van der Waals surface area contributed by atoms with Crippen LogP contribution in [0.2, 0.25) is 0 Å². The van der Waals surface area contributed by atoms with Crippen molar-refractivity contribution in [3.05, 3.63) is 18.2 Å². The molecule has 0 radical (unpaired) electrons. The summed E-state index contributed by atoms with van der Waals surface area (Å²) in [6.45, 7) is 0.286. The highest BCUT2D eigenvalue weighted by Crippen LogP contribution is 2.41. The Morgan fingerprint density at radius 1 is 1.56 bits per heavy atom. The fraction of sp³-hybridized carbons (Fsp3) is 0.500. The molecule has 0 unspecified atom stereocenters. The average Bonchev–Trinajstić information content (AvgIpc) is 2.64. The topological polar surface area (TPSA) is 95.1 Å². The summed E-state index contributed by atoms with van der Waals surface area (Å²) in [5, 5.41) is 11.6. The van der Waals surface area contributed by atoms with E-state index in [2.05, 4.69) is 15.3 Å². The minimum absolute atomic E-state index is 0.286. The number of nitrogens with zero attached hydrogens (tertiary/aromatic N) is 1. The van der Waals surface area contributed by atoms with Crippen molar-refractivity contribution in [1.82, 2.24) is 15.3 Å². The van der Waals surface area contributed by atoms with E-state index in [-0.39, 0.29) is 6.54 Å². The predicted molar refractivity (Wildman–Crippen MR) is 54.4 cm³/mol. The molecule has 1 aromatic heterocycles. The molecule has 2 rings (SSSR count). The number of hydrogen-bond donors (Lipinski definition) is 3. The van der Waals surface area contributed by atoms with Crippen LogP contribution in [0.5, 0.6) is 0 Å². The molecule has 0 atom stereocenters. The molecule has 6 heteroatoms.